The molecule has 0 amide bonds. The second kappa shape index (κ2) is 5.24. The van der Waals surface area contributed by atoms with E-state index in [1.807, 2.05) is 24.3 Å². The summed E-state index contributed by atoms with van der Waals surface area (Å²) >= 11 is 0. The van der Waals surface area contributed by atoms with E-state index < -0.39 is 0 Å². The lowest BCUT2D eigenvalue weighted by Crippen LogP contribution is -2.34. The summed E-state index contributed by atoms with van der Waals surface area (Å²) in [7, 11) is 0. The van der Waals surface area contributed by atoms with E-state index in [-0.39, 0.29) is 6.10 Å². The average molecular weight is 246 g/mol. The summed E-state index contributed by atoms with van der Waals surface area (Å²) in [6.07, 6.45) is 0.0498. The number of benzene rings is 1. The summed E-state index contributed by atoms with van der Waals surface area (Å²) < 4.78 is 10.8. The van der Waals surface area contributed by atoms with Gasteiger partial charge in [-0.1, -0.05) is 12.1 Å². The summed E-state index contributed by atoms with van der Waals surface area (Å²) in [5.74, 6) is 0.517. The van der Waals surface area contributed by atoms with E-state index >= 15 is 0 Å². The van der Waals surface area contributed by atoms with Gasteiger partial charge in [-0.2, -0.15) is 0 Å². The van der Waals surface area contributed by atoms with Crippen LogP contribution >= 0.6 is 0 Å². The molecule has 1 aromatic heterocycles. The molecule has 1 aliphatic heterocycles. The molecule has 94 valence electrons. The SMILES string of the molecule is c1ccc2nc(NCC3COCCO3)nnc2c1. The number of anilines is 1. The first-order valence-corrected chi connectivity index (χ1v) is 5.94. The fourth-order valence-corrected chi connectivity index (χ4v) is 1.82. The van der Waals surface area contributed by atoms with Crippen LogP contribution in [-0.2, 0) is 9.47 Å². The normalized spacial score (nSPS) is 19.9. The summed E-state index contributed by atoms with van der Waals surface area (Å²) in [5, 5.41) is 11.2. The molecule has 1 unspecified atom stereocenters. The third kappa shape index (κ3) is 2.55. The van der Waals surface area contributed by atoms with Gasteiger partial charge in [0.1, 0.15) is 5.52 Å². The number of fused-ring (bicyclic) bond motifs is 1. The maximum Gasteiger partial charge on any atom is 0.243 e. The molecule has 2 heterocycles. The second-order valence-electron chi connectivity index (χ2n) is 4.07. The lowest BCUT2D eigenvalue weighted by molar-refractivity contribution is -0.0819. The van der Waals surface area contributed by atoms with Gasteiger partial charge < -0.3 is 14.8 Å². The first-order valence-electron chi connectivity index (χ1n) is 5.94. The summed E-state index contributed by atoms with van der Waals surface area (Å²) in [6.45, 7) is 2.54. The van der Waals surface area contributed by atoms with Crippen molar-refractivity contribution in [3.8, 4) is 0 Å². The second-order valence-corrected chi connectivity index (χ2v) is 4.07. The molecule has 6 heteroatoms. The van der Waals surface area contributed by atoms with Crippen LogP contribution in [-0.4, -0.2) is 47.7 Å². The Labute approximate surface area is 104 Å². The topological polar surface area (TPSA) is 69.2 Å². The van der Waals surface area contributed by atoms with Crippen LogP contribution in [0.4, 0.5) is 5.95 Å². The summed E-state index contributed by atoms with van der Waals surface area (Å²) in [4.78, 5) is 4.38. The fourth-order valence-electron chi connectivity index (χ4n) is 1.82. The van der Waals surface area contributed by atoms with Crippen molar-refractivity contribution >= 4 is 17.0 Å². The number of para-hydroxylation sites is 1. The van der Waals surface area contributed by atoms with E-state index in [1.165, 1.54) is 0 Å². The van der Waals surface area contributed by atoms with E-state index in [9.17, 15) is 0 Å². The molecular weight excluding hydrogens is 232 g/mol. The molecule has 1 aromatic carbocycles. The molecule has 1 N–H and O–H groups in total. The van der Waals surface area contributed by atoms with E-state index in [0.29, 0.717) is 32.3 Å². The van der Waals surface area contributed by atoms with Crippen molar-refractivity contribution in [1.29, 1.82) is 0 Å². The van der Waals surface area contributed by atoms with Crippen molar-refractivity contribution in [3.05, 3.63) is 24.3 Å². The molecule has 1 fully saturated rings. The number of nitrogens with zero attached hydrogens (tertiary/aromatic N) is 3. The minimum absolute atomic E-state index is 0.0498. The van der Waals surface area contributed by atoms with Crippen molar-refractivity contribution in [1.82, 2.24) is 15.2 Å². The Morgan fingerprint density at radius 2 is 2.06 bits per heavy atom. The number of hydrogen-bond acceptors (Lipinski definition) is 6. The zero-order valence-electron chi connectivity index (χ0n) is 9.87. The van der Waals surface area contributed by atoms with E-state index in [0.717, 1.165) is 11.0 Å². The predicted molar refractivity (Wildman–Crippen MR) is 66.4 cm³/mol. The van der Waals surface area contributed by atoms with Crippen LogP contribution in [0.2, 0.25) is 0 Å². The molecule has 3 rings (SSSR count). The highest BCUT2D eigenvalue weighted by atomic mass is 16.6. The standard InChI is InChI=1S/C12H14N4O2/c1-2-4-11-10(3-1)14-12(16-15-11)13-7-9-8-17-5-6-18-9/h1-4,9H,5-8H2,(H,13,14,16). The predicted octanol–water partition coefficient (Wildman–Crippen LogP) is 0.852. The highest BCUT2D eigenvalue weighted by molar-refractivity contribution is 5.73. The monoisotopic (exact) mass is 246 g/mol. The first-order chi connectivity index (χ1) is 8.92. The Kier molecular flexibility index (Phi) is 3.29. The molecule has 0 radical (unpaired) electrons. The van der Waals surface area contributed by atoms with Gasteiger partial charge >= 0.3 is 0 Å². The Balaban J connectivity index is 1.66. The minimum Gasteiger partial charge on any atom is -0.376 e. The maximum absolute atomic E-state index is 5.52. The van der Waals surface area contributed by atoms with Gasteiger partial charge in [-0.25, -0.2) is 4.98 Å². The van der Waals surface area contributed by atoms with Gasteiger partial charge in [0.25, 0.3) is 0 Å². The Morgan fingerprint density at radius 1 is 1.17 bits per heavy atom. The van der Waals surface area contributed by atoms with Crippen LogP contribution in [0, 0.1) is 0 Å². The quantitative estimate of drug-likeness (QED) is 0.866. The minimum atomic E-state index is 0.0498. The molecular formula is C12H14N4O2. The van der Waals surface area contributed by atoms with Crippen LogP contribution in [0.3, 0.4) is 0 Å². The molecule has 1 atom stereocenters. The van der Waals surface area contributed by atoms with Gasteiger partial charge in [-0.3, -0.25) is 0 Å². The highest BCUT2D eigenvalue weighted by Gasteiger charge is 2.14. The molecule has 1 saturated heterocycles. The number of aromatic nitrogens is 3. The fraction of sp³-hybridized carbons (Fsp3) is 0.417. The number of hydrogen-bond donors (Lipinski definition) is 1. The molecule has 0 aliphatic carbocycles. The van der Waals surface area contributed by atoms with Gasteiger partial charge in [0, 0.05) is 6.54 Å². The van der Waals surface area contributed by atoms with E-state index in [4.69, 9.17) is 9.47 Å². The molecule has 18 heavy (non-hydrogen) atoms. The van der Waals surface area contributed by atoms with Crippen LogP contribution in [0.1, 0.15) is 0 Å². The highest BCUT2D eigenvalue weighted by Crippen LogP contribution is 2.09. The summed E-state index contributed by atoms with van der Waals surface area (Å²) in [5.41, 5.74) is 1.62. The Bertz CT molecular complexity index is 528. The molecule has 0 spiro atoms. The molecule has 0 saturated carbocycles. The third-order valence-corrected chi connectivity index (χ3v) is 2.73. The molecule has 6 nitrogen and oxygen atoms in total. The Morgan fingerprint density at radius 3 is 2.89 bits per heavy atom. The lowest BCUT2D eigenvalue weighted by Gasteiger charge is -2.22. The number of nitrogens with one attached hydrogen (secondary N) is 1. The maximum atomic E-state index is 5.52. The van der Waals surface area contributed by atoms with Gasteiger partial charge in [-0.05, 0) is 12.1 Å². The molecule has 2 aromatic rings. The zero-order valence-corrected chi connectivity index (χ0v) is 9.87. The zero-order chi connectivity index (χ0) is 12.2. The van der Waals surface area contributed by atoms with Crippen LogP contribution in [0.25, 0.3) is 11.0 Å². The Hall–Kier alpha value is -1.79. The van der Waals surface area contributed by atoms with Crippen LogP contribution in [0.5, 0.6) is 0 Å². The van der Waals surface area contributed by atoms with Crippen LogP contribution in [0.15, 0.2) is 24.3 Å². The van der Waals surface area contributed by atoms with Gasteiger partial charge in [0.05, 0.1) is 31.4 Å². The van der Waals surface area contributed by atoms with Crippen LogP contribution < -0.4 is 5.32 Å². The van der Waals surface area contributed by atoms with Crippen molar-refractivity contribution in [3.63, 3.8) is 0 Å². The largest absolute Gasteiger partial charge is 0.376 e. The molecule has 0 bridgehead atoms. The van der Waals surface area contributed by atoms with E-state index in [2.05, 4.69) is 20.5 Å². The smallest absolute Gasteiger partial charge is 0.243 e. The molecule has 1 aliphatic rings. The van der Waals surface area contributed by atoms with Gasteiger partial charge in [0.2, 0.25) is 5.95 Å². The van der Waals surface area contributed by atoms with Crippen molar-refractivity contribution < 1.29 is 9.47 Å². The average Bonchev–Trinajstić information content (AvgIpc) is 2.46. The lowest BCUT2D eigenvalue weighted by atomic mass is 10.3. The summed E-state index contributed by atoms with van der Waals surface area (Å²) in [6, 6.07) is 7.64. The third-order valence-electron chi connectivity index (χ3n) is 2.73. The van der Waals surface area contributed by atoms with Crippen molar-refractivity contribution in [2.75, 3.05) is 31.7 Å². The van der Waals surface area contributed by atoms with Crippen molar-refractivity contribution in [2.24, 2.45) is 0 Å². The van der Waals surface area contributed by atoms with Gasteiger partial charge in [-0.15, -0.1) is 10.2 Å². The van der Waals surface area contributed by atoms with Crippen molar-refractivity contribution in [2.45, 2.75) is 6.10 Å². The van der Waals surface area contributed by atoms with E-state index in [1.54, 1.807) is 0 Å². The van der Waals surface area contributed by atoms with Gasteiger partial charge in [0.15, 0.2) is 0 Å². The first kappa shape index (κ1) is 11.3. The number of rotatable bonds is 3. The number of ether oxygens (including phenoxy) is 2.